The van der Waals surface area contributed by atoms with Gasteiger partial charge in [0.1, 0.15) is 23.3 Å². The van der Waals surface area contributed by atoms with Crippen molar-refractivity contribution in [2.45, 2.75) is 0 Å². The van der Waals surface area contributed by atoms with E-state index in [0.29, 0.717) is 11.6 Å². The first kappa shape index (κ1) is 11.9. The van der Waals surface area contributed by atoms with Crippen LogP contribution in [0.3, 0.4) is 0 Å². The molecule has 0 aliphatic rings. The van der Waals surface area contributed by atoms with Crippen LogP contribution in [0.2, 0.25) is 0 Å². The zero-order valence-electron chi connectivity index (χ0n) is 10.7. The lowest BCUT2D eigenvalue weighted by atomic mass is 10.4. The Hall–Kier alpha value is -2.87. The van der Waals surface area contributed by atoms with Crippen molar-refractivity contribution in [3.63, 3.8) is 0 Å². The summed E-state index contributed by atoms with van der Waals surface area (Å²) in [5.41, 5.74) is 0. The summed E-state index contributed by atoms with van der Waals surface area (Å²) in [6.07, 6.45) is 6.73. The van der Waals surface area contributed by atoms with E-state index in [1.54, 1.807) is 28.4 Å². The summed E-state index contributed by atoms with van der Waals surface area (Å²) in [6.45, 7) is 0. The fourth-order valence-electron chi connectivity index (χ4n) is 1.94. The number of aromatic nitrogens is 6. The van der Waals surface area contributed by atoms with E-state index < -0.39 is 0 Å². The van der Waals surface area contributed by atoms with Crippen LogP contribution in [0.5, 0.6) is 0 Å². The molecule has 0 atom stereocenters. The zero-order chi connectivity index (χ0) is 14.1. The van der Waals surface area contributed by atoms with Gasteiger partial charge in [-0.15, -0.1) is 21.5 Å². The molecule has 4 aromatic heterocycles. The molecule has 4 rings (SSSR count). The van der Waals surface area contributed by atoms with Gasteiger partial charge in [-0.1, -0.05) is 0 Å². The van der Waals surface area contributed by atoms with Crippen LogP contribution in [-0.4, -0.2) is 29.7 Å². The Labute approximate surface area is 123 Å². The van der Waals surface area contributed by atoms with Crippen molar-refractivity contribution in [1.82, 2.24) is 29.7 Å². The molecule has 0 amide bonds. The molecular weight excluding hydrogens is 286 g/mol. The van der Waals surface area contributed by atoms with E-state index >= 15 is 0 Å². The van der Waals surface area contributed by atoms with Gasteiger partial charge < -0.3 is 5.32 Å². The molecule has 0 spiro atoms. The van der Waals surface area contributed by atoms with Gasteiger partial charge in [0, 0.05) is 12.4 Å². The first-order chi connectivity index (χ1) is 10.4. The van der Waals surface area contributed by atoms with Crippen molar-refractivity contribution in [2.24, 2.45) is 0 Å². The highest BCUT2D eigenvalue weighted by atomic mass is 32.1. The number of fused-ring (bicyclic) bond motifs is 1. The minimum atomic E-state index is 0.630. The van der Waals surface area contributed by atoms with Gasteiger partial charge in [0.05, 0.1) is 5.39 Å². The van der Waals surface area contributed by atoms with Gasteiger partial charge >= 0.3 is 0 Å². The number of imidazole rings is 1. The van der Waals surface area contributed by atoms with Gasteiger partial charge in [-0.2, -0.15) is 0 Å². The normalized spacial score (nSPS) is 10.9. The maximum atomic E-state index is 4.25. The fraction of sp³-hybridized carbons (Fsp3) is 0. The van der Waals surface area contributed by atoms with Crippen molar-refractivity contribution in [3.05, 3.63) is 48.6 Å². The van der Waals surface area contributed by atoms with Crippen LogP contribution < -0.4 is 5.32 Å². The molecule has 8 heteroatoms. The molecular formula is C13H9N7S. The van der Waals surface area contributed by atoms with Crippen LogP contribution in [-0.2, 0) is 0 Å². The standard InChI is InChI=1S/C13H9N7S/c1-2-11(20-5-4-14-8-20)19-18-10(1)17-12-9-3-6-21-13(9)16-7-15-12/h1-8H,(H,15,16,17,18). The molecule has 0 fully saturated rings. The maximum Gasteiger partial charge on any atom is 0.160 e. The molecule has 0 bridgehead atoms. The minimum Gasteiger partial charge on any atom is -0.323 e. The molecule has 0 unspecified atom stereocenters. The largest absolute Gasteiger partial charge is 0.323 e. The van der Waals surface area contributed by atoms with Crippen LogP contribution in [0.1, 0.15) is 0 Å². The SMILES string of the molecule is c1cn(-c2ccc(Nc3ncnc4sccc34)nn2)cn1. The van der Waals surface area contributed by atoms with Gasteiger partial charge in [-0.3, -0.25) is 4.57 Å². The van der Waals surface area contributed by atoms with E-state index in [2.05, 4.69) is 30.5 Å². The van der Waals surface area contributed by atoms with Gasteiger partial charge in [0.2, 0.25) is 0 Å². The molecule has 7 nitrogen and oxygen atoms in total. The first-order valence-corrected chi connectivity index (χ1v) is 7.05. The summed E-state index contributed by atoms with van der Waals surface area (Å²) in [7, 11) is 0. The summed E-state index contributed by atoms with van der Waals surface area (Å²) in [4.78, 5) is 13.4. The van der Waals surface area contributed by atoms with Gasteiger partial charge in [-0.05, 0) is 23.6 Å². The average molecular weight is 295 g/mol. The molecule has 0 aromatic carbocycles. The Bertz CT molecular complexity index is 867. The van der Waals surface area contributed by atoms with Crippen LogP contribution in [0.15, 0.2) is 48.6 Å². The monoisotopic (exact) mass is 295 g/mol. The fourth-order valence-corrected chi connectivity index (χ4v) is 2.67. The topological polar surface area (TPSA) is 81.4 Å². The third-order valence-electron chi connectivity index (χ3n) is 2.93. The van der Waals surface area contributed by atoms with E-state index in [4.69, 9.17) is 0 Å². The van der Waals surface area contributed by atoms with E-state index in [-0.39, 0.29) is 0 Å². The van der Waals surface area contributed by atoms with Gasteiger partial charge in [-0.25, -0.2) is 15.0 Å². The predicted molar refractivity (Wildman–Crippen MR) is 79.9 cm³/mol. The molecule has 1 N–H and O–H groups in total. The molecule has 0 saturated carbocycles. The number of nitrogens with one attached hydrogen (secondary N) is 1. The Morgan fingerprint density at radius 2 is 2.10 bits per heavy atom. The van der Waals surface area contributed by atoms with Crippen molar-refractivity contribution < 1.29 is 0 Å². The molecule has 0 saturated heterocycles. The maximum absolute atomic E-state index is 4.25. The van der Waals surface area contributed by atoms with Crippen molar-refractivity contribution >= 4 is 33.2 Å². The molecule has 4 heterocycles. The van der Waals surface area contributed by atoms with Crippen LogP contribution >= 0.6 is 11.3 Å². The number of nitrogens with zero attached hydrogens (tertiary/aromatic N) is 6. The summed E-state index contributed by atoms with van der Waals surface area (Å²) >= 11 is 1.58. The average Bonchev–Trinajstić information content (AvgIpc) is 3.20. The summed E-state index contributed by atoms with van der Waals surface area (Å²) in [5, 5.41) is 14.4. The van der Waals surface area contributed by atoms with E-state index in [0.717, 1.165) is 16.0 Å². The lowest BCUT2D eigenvalue weighted by Gasteiger charge is -2.05. The Morgan fingerprint density at radius 1 is 1.10 bits per heavy atom. The molecule has 4 aromatic rings. The third kappa shape index (κ3) is 2.21. The zero-order valence-corrected chi connectivity index (χ0v) is 11.5. The van der Waals surface area contributed by atoms with Crippen molar-refractivity contribution in [2.75, 3.05) is 5.32 Å². The lowest BCUT2D eigenvalue weighted by Crippen LogP contribution is -2.01. The third-order valence-corrected chi connectivity index (χ3v) is 3.75. The van der Waals surface area contributed by atoms with E-state index in [9.17, 15) is 0 Å². The number of hydrogen-bond acceptors (Lipinski definition) is 7. The van der Waals surface area contributed by atoms with Crippen LogP contribution in [0, 0.1) is 0 Å². The number of hydrogen-bond donors (Lipinski definition) is 1. The highest BCUT2D eigenvalue weighted by Gasteiger charge is 2.06. The van der Waals surface area contributed by atoms with Crippen LogP contribution in [0.4, 0.5) is 11.6 Å². The quantitative estimate of drug-likeness (QED) is 0.625. The van der Waals surface area contributed by atoms with Crippen molar-refractivity contribution in [1.29, 1.82) is 0 Å². The molecule has 21 heavy (non-hydrogen) atoms. The summed E-state index contributed by atoms with van der Waals surface area (Å²) < 4.78 is 1.79. The predicted octanol–water partition coefficient (Wildman–Crippen LogP) is 2.41. The number of anilines is 2. The van der Waals surface area contributed by atoms with Crippen molar-refractivity contribution in [3.8, 4) is 5.82 Å². The molecule has 0 aliphatic carbocycles. The highest BCUT2D eigenvalue weighted by molar-refractivity contribution is 7.16. The smallest absolute Gasteiger partial charge is 0.160 e. The molecule has 102 valence electrons. The Kier molecular flexibility index (Phi) is 2.79. The second-order valence-electron chi connectivity index (χ2n) is 4.23. The number of rotatable bonds is 3. The van der Waals surface area contributed by atoms with Gasteiger partial charge in [0.25, 0.3) is 0 Å². The summed E-state index contributed by atoms with van der Waals surface area (Å²) in [5.74, 6) is 2.07. The minimum absolute atomic E-state index is 0.630. The Morgan fingerprint density at radius 3 is 2.90 bits per heavy atom. The highest BCUT2D eigenvalue weighted by Crippen LogP contribution is 2.25. The first-order valence-electron chi connectivity index (χ1n) is 6.17. The van der Waals surface area contributed by atoms with E-state index in [1.165, 1.54) is 6.33 Å². The van der Waals surface area contributed by atoms with Gasteiger partial charge in [0.15, 0.2) is 11.6 Å². The number of thiophene rings is 1. The van der Waals surface area contributed by atoms with Crippen LogP contribution in [0.25, 0.3) is 16.0 Å². The Balaban J connectivity index is 1.64. The lowest BCUT2D eigenvalue weighted by molar-refractivity contribution is 0.915. The molecule has 0 radical (unpaired) electrons. The second-order valence-corrected chi connectivity index (χ2v) is 5.13. The van der Waals surface area contributed by atoms with E-state index in [1.807, 2.05) is 29.8 Å². The second kappa shape index (κ2) is 4.91. The molecule has 0 aliphatic heterocycles. The summed E-state index contributed by atoms with van der Waals surface area (Å²) in [6, 6.07) is 5.70.